The average Bonchev–Trinajstić information content (AvgIpc) is 2.51. The van der Waals surface area contributed by atoms with E-state index in [2.05, 4.69) is 25.8 Å². The minimum atomic E-state index is -0.343. The van der Waals surface area contributed by atoms with Gasteiger partial charge in [-0.2, -0.15) is 10.1 Å². The van der Waals surface area contributed by atoms with E-state index in [1.807, 2.05) is 26.0 Å². The van der Waals surface area contributed by atoms with Crippen LogP contribution in [-0.4, -0.2) is 15.2 Å². The third-order valence-corrected chi connectivity index (χ3v) is 3.62. The van der Waals surface area contributed by atoms with Gasteiger partial charge in [0.05, 0.1) is 16.9 Å². The Hall–Kier alpha value is -2.73. The molecule has 7 heteroatoms. The molecule has 0 saturated carbocycles. The monoisotopic (exact) mass is 343 g/mol. The maximum absolute atomic E-state index is 13.2. The van der Waals surface area contributed by atoms with Crippen molar-refractivity contribution < 1.29 is 4.39 Å². The molecule has 0 aliphatic heterocycles. The Morgan fingerprint density at radius 3 is 2.67 bits per heavy atom. The number of nitrogens with zero attached hydrogens (tertiary/aromatic N) is 3. The molecule has 2 N–H and O–H groups in total. The predicted octanol–water partition coefficient (Wildman–Crippen LogP) is 4.77. The number of hydrogen-bond donors (Lipinski definition) is 2. The van der Waals surface area contributed by atoms with E-state index in [9.17, 15) is 4.39 Å². The Morgan fingerprint density at radius 1 is 1.08 bits per heavy atom. The lowest BCUT2D eigenvalue weighted by Crippen LogP contribution is -2.03. The summed E-state index contributed by atoms with van der Waals surface area (Å²) in [6.07, 6.45) is 1.49. The highest BCUT2D eigenvalue weighted by molar-refractivity contribution is 6.33. The van der Waals surface area contributed by atoms with Crippen molar-refractivity contribution in [2.45, 2.75) is 13.8 Å². The third-order valence-electron chi connectivity index (χ3n) is 3.32. The van der Waals surface area contributed by atoms with E-state index in [-0.39, 0.29) is 11.8 Å². The molecular formula is C17H15ClFN5. The molecule has 0 aliphatic carbocycles. The van der Waals surface area contributed by atoms with Crippen molar-refractivity contribution in [3.63, 3.8) is 0 Å². The van der Waals surface area contributed by atoms with Crippen molar-refractivity contribution in [1.29, 1.82) is 0 Å². The molecule has 2 aromatic carbocycles. The third kappa shape index (κ3) is 3.78. The first-order valence-electron chi connectivity index (χ1n) is 7.27. The smallest absolute Gasteiger partial charge is 0.249 e. The molecule has 3 aromatic rings. The van der Waals surface area contributed by atoms with Crippen LogP contribution in [-0.2, 0) is 0 Å². The summed E-state index contributed by atoms with van der Waals surface area (Å²) < 4.78 is 13.2. The largest absolute Gasteiger partial charge is 0.337 e. The summed E-state index contributed by atoms with van der Waals surface area (Å²) >= 11 is 6.29. The number of rotatable bonds is 4. The summed E-state index contributed by atoms with van der Waals surface area (Å²) in [6.45, 7) is 3.94. The van der Waals surface area contributed by atoms with Crippen molar-refractivity contribution in [3.05, 3.63) is 64.6 Å². The van der Waals surface area contributed by atoms with Crippen molar-refractivity contribution in [1.82, 2.24) is 15.2 Å². The van der Waals surface area contributed by atoms with E-state index in [0.29, 0.717) is 16.5 Å². The van der Waals surface area contributed by atoms with Crippen LogP contribution in [0.1, 0.15) is 11.1 Å². The predicted molar refractivity (Wildman–Crippen MR) is 93.7 cm³/mol. The molecular weight excluding hydrogens is 329 g/mol. The number of aromatic nitrogens is 3. The molecule has 0 spiro atoms. The van der Waals surface area contributed by atoms with Crippen LogP contribution in [0.25, 0.3) is 0 Å². The molecule has 1 heterocycles. The minimum Gasteiger partial charge on any atom is -0.337 e. The Labute approximate surface area is 143 Å². The average molecular weight is 344 g/mol. The van der Waals surface area contributed by atoms with Crippen LogP contribution in [0.2, 0.25) is 5.02 Å². The fourth-order valence-electron chi connectivity index (χ4n) is 2.31. The van der Waals surface area contributed by atoms with Crippen LogP contribution in [0.3, 0.4) is 0 Å². The van der Waals surface area contributed by atoms with Crippen LogP contribution in [0.15, 0.2) is 42.6 Å². The SMILES string of the molecule is Cc1cc(C)c(Nc2cnnc(Nc3cccc(F)c3)n2)c(Cl)c1. The zero-order valence-electron chi connectivity index (χ0n) is 13.1. The molecule has 0 aliphatic rings. The Morgan fingerprint density at radius 2 is 1.92 bits per heavy atom. The van der Waals surface area contributed by atoms with Gasteiger partial charge in [0, 0.05) is 5.69 Å². The number of benzene rings is 2. The van der Waals surface area contributed by atoms with E-state index in [0.717, 1.165) is 16.8 Å². The quantitative estimate of drug-likeness (QED) is 0.714. The van der Waals surface area contributed by atoms with Crippen LogP contribution in [0.4, 0.5) is 27.5 Å². The zero-order chi connectivity index (χ0) is 17.1. The summed E-state index contributed by atoms with van der Waals surface area (Å²) in [7, 11) is 0. The van der Waals surface area contributed by atoms with E-state index >= 15 is 0 Å². The summed E-state index contributed by atoms with van der Waals surface area (Å²) in [5, 5.41) is 14.5. The summed E-state index contributed by atoms with van der Waals surface area (Å²) in [5.41, 5.74) is 3.38. The van der Waals surface area contributed by atoms with Gasteiger partial charge in [0.1, 0.15) is 5.82 Å². The maximum atomic E-state index is 13.2. The maximum Gasteiger partial charge on any atom is 0.249 e. The lowest BCUT2D eigenvalue weighted by molar-refractivity contribution is 0.628. The number of aryl methyl sites for hydroxylation is 2. The fraction of sp³-hybridized carbons (Fsp3) is 0.118. The van der Waals surface area contributed by atoms with Crippen molar-refractivity contribution in [2.75, 3.05) is 10.6 Å². The summed E-state index contributed by atoms with van der Waals surface area (Å²) in [4.78, 5) is 4.32. The Kier molecular flexibility index (Phi) is 4.57. The van der Waals surface area contributed by atoms with Gasteiger partial charge in [0.25, 0.3) is 0 Å². The molecule has 0 unspecified atom stereocenters. The molecule has 0 saturated heterocycles. The lowest BCUT2D eigenvalue weighted by atomic mass is 10.1. The number of nitrogens with one attached hydrogen (secondary N) is 2. The van der Waals surface area contributed by atoms with Gasteiger partial charge in [-0.1, -0.05) is 23.7 Å². The van der Waals surface area contributed by atoms with Crippen molar-refractivity contribution in [3.8, 4) is 0 Å². The van der Waals surface area contributed by atoms with Gasteiger partial charge in [0.15, 0.2) is 5.82 Å². The van der Waals surface area contributed by atoms with E-state index < -0.39 is 0 Å². The minimum absolute atomic E-state index is 0.256. The second-order valence-electron chi connectivity index (χ2n) is 5.36. The molecule has 0 atom stereocenters. The first-order chi connectivity index (χ1) is 11.5. The van der Waals surface area contributed by atoms with Gasteiger partial charge in [-0.25, -0.2) is 4.39 Å². The molecule has 1 aromatic heterocycles. The summed E-state index contributed by atoms with van der Waals surface area (Å²) in [5.74, 6) is 0.397. The van der Waals surface area contributed by atoms with E-state index in [1.165, 1.54) is 18.3 Å². The Bertz CT molecular complexity index is 861. The van der Waals surface area contributed by atoms with Crippen LogP contribution in [0, 0.1) is 19.7 Å². The lowest BCUT2D eigenvalue weighted by Gasteiger charge is -2.12. The van der Waals surface area contributed by atoms with Crippen molar-refractivity contribution in [2.24, 2.45) is 0 Å². The standard InChI is InChI=1S/C17H15ClFN5/c1-10-6-11(2)16(14(18)7-10)22-15-9-20-24-17(23-15)21-13-5-3-4-12(19)8-13/h3-9H,1-2H3,(H2,21,22,23,24). The molecule has 0 radical (unpaired) electrons. The van der Waals surface area contributed by atoms with E-state index in [4.69, 9.17) is 11.6 Å². The highest BCUT2D eigenvalue weighted by Gasteiger charge is 2.08. The molecule has 122 valence electrons. The van der Waals surface area contributed by atoms with E-state index in [1.54, 1.807) is 12.1 Å². The van der Waals surface area contributed by atoms with Gasteiger partial charge < -0.3 is 10.6 Å². The van der Waals surface area contributed by atoms with Gasteiger partial charge in [0.2, 0.25) is 5.95 Å². The fourth-order valence-corrected chi connectivity index (χ4v) is 2.68. The highest BCUT2D eigenvalue weighted by atomic mass is 35.5. The Balaban J connectivity index is 1.83. The normalized spacial score (nSPS) is 10.5. The van der Waals surface area contributed by atoms with Gasteiger partial charge in [-0.3, -0.25) is 0 Å². The first-order valence-corrected chi connectivity index (χ1v) is 7.65. The van der Waals surface area contributed by atoms with Crippen molar-refractivity contribution >= 4 is 34.7 Å². The number of halogens is 2. The molecule has 3 rings (SSSR count). The zero-order valence-corrected chi connectivity index (χ0v) is 13.9. The van der Waals surface area contributed by atoms with Gasteiger partial charge >= 0.3 is 0 Å². The summed E-state index contributed by atoms with van der Waals surface area (Å²) in [6, 6.07) is 9.93. The number of anilines is 4. The second-order valence-corrected chi connectivity index (χ2v) is 5.77. The topological polar surface area (TPSA) is 62.7 Å². The molecule has 5 nitrogen and oxygen atoms in total. The van der Waals surface area contributed by atoms with Gasteiger partial charge in [-0.15, -0.1) is 5.10 Å². The van der Waals surface area contributed by atoms with Crippen LogP contribution in [0.5, 0.6) is 0 Å². The van der Waals surface area contributed by atoms with Crippen LogP contribution < -0.4 is 10.6 Å². The second kappa shape index (κ2) is 6.80. The highest BCUT2D eigenvalue weighted by Crippen LogP contribution is 2.29. The molecule has 0 amide bonds. The number of hydrogen-bond acceptors (Lipinski definition) is 5. The van der Waals surface area contributed by atoms with Crippen LogP contribution >= 0.6 is 11.6 Å². The molecule has 0 bridgehead atoms. The van der Waals surface area contributed by atoms with Gasteiger partial charge in [-0.05, 0) is 49.2 Å². The first kappa shape index (κ1) is 16.1. The molecule has 0 fully saturated rings. The molecule has 24 heavy (non-hydrogen) atoms.